The topological polar surface area (TPSA) is 92.3 Å². The second-order valence-electron chi connectivity index (χ2n) is 9.77. The number of sulfonamides is 1. The summed E-state index contributed by atoms with van der Waals surface area (Å²) in [4.78, 5) is 22.2. The fourth-order valence-electron chi connectivity index (χ4n) is 4.74. The standard InChI is InChI=1S/C26H32N4O5S2/c1-28(2)13-14-30(26-27-21-15-22-23(35-17-34-22)16-24(21)36-26)25(31)18-9-11-20(12-10-18)37(32,33)29(3)19-7-5-4-6-8-19/h9-12,15-16,19H,4-8,13-14,17H2,1-3H3. The molecule has 37 heavy (non-hydrogen) atoms. The second-order valence-corrected chi connectivity index (χ2v) is 12.8. The maximum Gasteiger partial charge on any atom is 0.260 e. The van der Waals surface area contributed by atoms with E-state index < -0.39 is 10.0 Å². The summed E-state index contributed by atoms with van der Waals surface area (Å²) in [5.41, 5.74) is 1.14. The summed E-state index contributed by atoms with van der Waals surface area (Å²) >= 11 is 1.41. The van der Waals surface area contributed by atoms with Crippen molar-refractivity contribution in [1.82, 2.24) is 14.2 Å². The normalized spacial score (nSPS) is 16.1. The molecule has 0 atom stereocenters. The van der Waals surface area contributed by atoms with Crippen molar-refractivity contribution < 1.29 is 22.7 Å². The molecule has 1 aliphatic heterocycles. The van der Waals surface area contributed by atoms with E-state index in [0.717, 1.165) is 42.3 Å². The molecule has 2 aliphatic rings. The minimum atomic E-state index is -3.63. The SMILES string of the molecule is CN(C)CCN(C(=O)c1ccc(S(=O)(=O)N(C)C2CCCCC2)cc1)c1nc2cc3c(cc2s1)OCO3. The van der Waals surface area contributed by atoms with Gasteiger partial charge in [0.15, 0.2) is 16.6 Å². The lowest BCUT2D eigenvalue weighted by Gasteiger charge is -2.30. The quantitative estimate of drug-likeness (QED) is 0.420. The molecule has 198 valence electrons. The van der Waals surface area contributed by atoms with Gasteiger partial charge in [-0.2, -0.15) is 4.31 Å². The first-order chi connectivity index (χ1) is 17.7. The molecule has 0 radical (unpaired) electrons. The van der Waals surface area contributed by atoms with E-state index in [1.165, 1.54) is 27.8 Å². The van der Waals surface area contributed by atoms with Gasteiger partial charge in [0.1, 0.15) is 0 Å². The van der Waals surface area contributed by atoms with Crippen molar-refractivity contribution in [1.29, 1.82) is 0 Å². The number of benzene rings is 2. The zero-order valence-electron chi connectivity index (χ0n) is 21.3. The number of aromatic nitrogens is 1. The van der Waals surface area contributed by atoms with Crippen LogP contribution in [0.15, 0.2) is 41.3 Å². The largest absolute Gasteiger partial charge is 0.454 e. The number of anilines is 1. The van der Waals surface area contributed by atoms with E-state index in [4.69, 9.17) is 14.5 Å². The number of nitrogens with zero attached hydrogens (tertiary/aromatic N) is 4. The van der Waals surface area contributed by atoms with Crippen molar-refractivity contribution in [2.45, 2.75) is 43.0 Å². The molecule has 9 nitrogen and oxygen atoms in total. The van der Waals surface area contributed by atoms with Crippen molar-refractivity contribution in [2.75, 3.05) is 45.9 Å². The molecule has 2 heterocycles. The van der Waals surface area contributed by atoms with Crippen LogP contribution in [0.4, 0.5) is 5.13 Å². The summed E-state index contributed by atoms with van der Waals surface area (Å²) in [6.07, 6.45) is 5.03. The minimum Gasteiger partial charge on any atom is -0.454 e. The van der Waals surface area contributed by atoms with Gasteiger partial charge in [-0.05, 0) is 51.2 Å². The van der Waals surface area contributed by atoms with Crippen LogP contribution in [-0.4, -0.2) is 75.6 Å². The molecule has 3 aromatic rings. The summed E-state index contributed by atoms with van der Waals surface area (Å²) in [6, 6.07) is 9.99. The van der Waals surface area contributed by atoms with Gasteiger partial charge in [0.2, 0.25) is 16.8 Å². The average Bonchev–Trinajstić information content (AvgIpc) is 3.53. The number of hydrogen-bond acceptors (Lipinski definition) is 8. The number of amides is 1. The zero-order chi connectivity index (χ0) is 26.2. The Morgan fingerprint density at radius 1 is 1.00 bits per heavy atom. The molecule has 1 fully saturated rings. The Labute approximate surface area is 221 Å². The highest BCUT2D eigenvalue weighted by atomic mass is 32.2. The van der Waals surface area contributed by atoms with Crippen molar-refractivity contribution >= 4 is 42.6 Å². The van der Waals surface area contributed by atoms with Crippen molar-refractivity contribution in [3.8, 4) is 11.5 Å². The van der Waals surface area contributed by atoms with Gasteiger partial charge >= 0.3 is 0 Å². The first-order valence-electron chi connectivity index (χ1n) is 12.5. The average molecular weight is 545 g/mol. The van der Waals surface area contributed by atoms with Gasteiger partial charge in [0.25, 0.3) is 5.91 Å². The monoisotopic (exact) mass is 544 g/mol. The van der Waals surface area contributed by atoms with E-state index in [2.05, 4.69) is 0 Å². The molecule has 0 spiro atoms. The van der Waals surface area contributed by atoms with Gasteiger partial charge in [-0.25, -0.2) is 13.4 Å². The molecule has 1 aliphatic carbocycles. The number of rotatable bonds is 8. The van der Waals surface area contributed by atoms with Crippen LogP contribution in [0, 0.1) is 0 Å². The maximum atomic E-state index is 13.6. The van der Waals surface area contributed by atoms with Crippen LogP contribution in [0.25, 0.3) is 10.2 Å². The number of carbonyl (C=O) groups excluding carboxylic acids is 1. The first kappa shape index (κ1) is 25.9. The van der Waals surface area contributed by atoms with Crippen molar-refractivity contribution in [3.05, 3.63) is 42.0 Å². The number of thiazole rings is 1. The molecule has 0 bridgehead atoms. The highest BCUT2D eigenvalue weighted by Crippen LogP contribution is 2.40. The van der Waals surface area contributed by atoms with E-state index in [-0.39, 0.29) is 23.6 Å². The molecule has 0 unspecified atom stereocenters. The fraction of sp³-hybridized carbons (Fsp3) is 0.462. The molecule has 5 rings (SSSR count). The van der Waals surface area contributed by atoms with Crippen molar-refractivity contribution in [2.24, 2.45) is 0 Å². The summed E-state index contributed by atoms with van der Waals surface area (Å²) in [6.45, 7) is 1.26. The fourth-order valence-corrected chi connectivity index (χ4v) is 7.15. The highest BCUT2D eigenvalue weighted by Gasteiger charge is 2.30. The highest BCUT2D eigenvalue weighted by molar-refractivity contribution is 7.89. The van der Waals surface area contributed by atoms with Crippen LogP contribution < -0.4 is 14.4 Å². The Balaban J connectivity index is 1.40. The number of carbonyl (C=O) groups is 1. The molecular weight excluding hydrogens is 512 g/mol. The third kappa shape index (κ3) is 5.31. The van der Waals surface area contributed by atoms with Crippen LogP contribution in [0.3, 0.4) is 0 Å². The smallest absolute Gasteiger partial charge is 0.260 e. The molecule has 1 saturated carbocycles. The van der Waals surface area contributed by atoms with Gasteiger partial charge in [-0.1, -0.05) is 30.6 Å². The Hall–Kier alpha value is -2.73. The zero-order valence-corrected chi connectivity index (χ0v) is 23.0. The molecular formula is C26H32N4O5S2. The molecule has 1 amide bonds. The van der Waals surface area contributed by atoms with Crippen LogP contribution in [0.5, 0.6) is 11.5 Å². The predicted octanol–water partition coefficient (Wildman–Crippen LogP) is 4.19. The maximum absolute atomic E-state index is 13.6. The van der Waals surface area contributed by atoms with E-state index in [0.29, 0.717) is 35.3 Å². The van der Waals surface area contributed by atoms with Crippen LogP contribution in [0.1, 0.15) is 42.5 Å². The molecule has 0 N–H and O–H groups in total. The van der Waals surface area contributed by atoms with E-state index >= 15 is 0 Å². The second kappa shape index (κ2) is 10.6. The minimum absolute atomic E-state index is 0.0257. The lowest BCUT2D eigenvalue weighted by molar-refractivity contribution is 0.0985. The van der Waals surface area contributed by atoms with E-state index in [1.807, 2.05) is 31.1 Å². The molecule has 11 heteroatoms. The Morgan fingerprint density at radius 3 is 2.35 bits per heavy atom. The summed E-state index contributed by atoms with van der Waals surface area (Å²) in [7, 11) is 1.92. The van der Waals surface area contributed by atoms with Gasteiger partial charge < -0.3 is 14.4 Å². The van der Waals surface area contributed by atoms with Gasteiger partial charge in [-0.15, -0.1) is 0 Å². The predicted molar refractivity (Wildman–Crippen MR) is 144 cm³/mol. The Kier molecular flexibility index (Phi) is 7.39. The Morgan fingerprint density at radius 2 is 1.68 bits per heavy atom. The van der Waals surface area contributed by atoms with Crippen LogP contribution >= 0.6 is 11.3 Å². The van der Waals surface area contributed by atoms with Crippen LogP contribution in [-0.2, 0) is 10.0 Å². The molecule has 0 saturated heterocycles. The van der Waals surface area contributed by atoms with Gasteiger partial charge in [0.05, 0.1) is 15.1 Å². The number of ether oxygens (including phenoxy) is 2. The van der Waals surface area contributed by atoms with E-state index in [1.54, 1.807) is 24.1 Å². The summed E-state index contributed by atoms with van der Waals surface area (Å²) < 4.78 is 39.8. The third-order valence-electron chi connectivity index (χ3n) is 6.99. The summed E-state index contributed by atoms with van der Waals surface area (Å²) in [5.74, 6) is 1.08. The number of hydrogen-bond donors (Lipinski definition) is 0. The van der Waals surface area contributed by atoms with E-state index in [9.17, 15) is 13.2 Å². The van der Waals surface area contributed by atoms with Gasteiger partial charge in [-0.3, -0.25) is 9.69 Å². The number of fused-ring (bicyclic) bond motifs is 2. The lowest BCUT2D eigenvalue weighted by atomic mass is 9.96. The summed E-state index contributed by atoms with van der Waals surface area (Å²) in [5, 5.41) is 0.569. The van der Waals surface area contributed by atoms with Crippen molar-refractivity contribution in [3.63, 3.8) is 0 Å². The first-order valence-corrected chi connectivity index (χ1v) is 14.7. The Bertz CT molecular complexity index is 1340. The van der Waals surface area contributed by atoms with Crippen LogP contribution in [0.2, 0.25) is 0 Å². The molecule has 2 aromatic carbocycles. The van der Waals surface area contributed by atoms with Gasteiger partial charge in [0, 0.05) is 43.9 Å². The third-order valence-corrected chi connectivity index (χ3v) is 9.95. The lowest BCUT2D eigenvalue weighted by Crippen LogP contribution is -2.38. The number of likely N-dealkylation sites (N-methyl/N-ethyl adjacent to an activating group) is 1. The molecule has 1 aromatic heterocycles.